The summed E-state index contributed by atoms with van der Waals surface area (Å²) in [6.45, 7) is 0. The fourth-order valence-corrected chi connectivity index (χ4v) is 6.42. The Morgan fingerprint density at radius 2 is 1.23 bits per heavy atom. The van der Waals surface area contributed by atoms with Crippen molar-refractivity contribution in [3.63, 3.8) is 0 Å². The minimum atomic E-state index is 0.000556. The SMILES string of the molecule is O=C(N[C@@H](c1cccs1)C1CCCC1)N[C@@H](c1cccs1)C1CCCC1. The zero-order valence-electron chi connectivity index (χ0n) is 15.2. The van der Waals surface area contributed by atoms with Crippen LogP contribution in [0.5, 0.6) is 0 Å². The lowest BCUT2D eigenvalue weighted by Gasteiger charge is -2.28. The third-order valence-electron chi connectivity index (χ3n) is 6.02. The first kappa shape index (κ1) is 18.1. The molecule has 2 saturated carbocycles. The highest BCUT2D eigenvalue weighted by molar-refractivity contribution is 7.10. The van der Waals surface area contributed by atoms with Gasteiger partial charge >= 0.3 is 6.03 Å². The second-order valence-electron chi connectivity index (χ2n) is 7.69. The van der Waals surface area contributed by atoms with Gasteiger partial charge in [-0.15, -0.1) is 22.7 Å². The Kier molecular flexibility index (Phi) is 5.95. The van der Waals surface area contributed by atoms with Crippen LogP contribution in [0.15, 0.2) is 35.0 Å². The lowest BCUT2D eigenvalue weighted by atomic mass is 9.96. The van der Waals surface area contributed by atoms with E-state index in [1.165, 1.54) is 61.1 Å². The van der Waals surface area contributed by atoms with Crippen molar-refractivity contribution in [3.05, 3.63) is 44.8 Å². The molecule has 0 saturated heterocycles. The van der Waals surface area contributed by atoms with E-state index in [4.69, 9.17) is 0 Å². The Balaban J connectivity index is 1.46. The summed E-state index contributed by atoms with van der Waals surface area (Å²) in [5.41, 5.74) is 0. The Labute approximate surface area is 164 Å². The van der Waals surface area contributed by atoms with Gasteiger partial charge in [0, 0.05) is 9.75 Å². The van der Waals surface area contributed by atoms with Crippen molar-refractivity contribution in [2.45, 2.75) is 63.5 Å². The lowest BCUT2D eigenvalue weighted by Crippen LogP contribution is -2.43. The van der Waals surface area contributed by atoms with E-state index < -0.39 is 0 Å². The summed E-state index contributed by atoms with van der Waals surface area (Å²) in [7, 11) is 0. The Morgan fingerprint density at radius 1 is 0.808 bits per heavy atom. The average molecular weight is 389 g/mol. The standard InChI is InChI=1S/C21H28N2OS2/c24-21(22-19(15-7-1-2-8-15)17-11-5-13-25-17)23-20(16-9-3-4-10-16)18-12-6-14-26-18/h5-6,11-16,19-20H,1-4,7-10H2,(H2,22,23,24)/t19-,20-/m1/s1. The second-order valence-corrected chi connectivity index (χ2v) is 9.65. The number of urea groups is 1. The van der Waals surface area contributed by atoms with Gasteiger partial charge in [0.05, 0.1) is 12.1 Å². The summed E-state index contributed by atoms with van der Waals surface area (Å²) in [6, 6.07) is 8.84. The predicted molar refractivity (Wildman–Crippen MR) is 110 cm³/mol. The van der Waals surface area contributed by atoms with Gasteiger partial charge in [0.25, 0.3) is 0 Å². The molecule has 2 aliphatic carbocycles. The molecule has 2 aromatic rings. The molecule has 0 bridgehead atoms. The highest BCUT2D eigenvalue weighted by Gasteiger charge is 2.31. The van der Waals surface area contributed by atoms with Gasteiger partial charge in [-0.25, -0.2) is 4.79 Å². The van der Waals surface area contributed by atoms with E-state index in [2.05, 4.69) is 45.7 Å². The molecule has 0 unspecified atom stereocenters. The maximum Gasteiger partial charge on any atom is 0.315 e. The van der Waals surface area contributed by atoms with Gasteiger partial charge in [0.15, 0.2) is 0 Å². The number of rotatable bonds is 6. The van der Waals surface area contributed by atoms with Crippen molar-refractivity contribution in [2.75, 3.05) is 0 Å². The number of carbonyl (C=O) groups excluding carboxylic acids is 1. The summed E-state index contributed by atoms with van der Waals surface area (Å²) in [4.78, 5) is 15.5. The fraction of sp³-hybridized carbons (Fsp3) is 0.571. The number of hydrogen-bond acceptors (Lipinski definition) is 3. The largest absolute Gasteiger partial charge is 0.330 e. The predicted octanol–water partition coefficient (Wildman–Crippen LogP) is 6.27. The first-order valence-electron chi connectivity index (χ1n) is 9.95. The zero-order chi connectivity index (χ0) is 17.8. The van der Waals surface area contributed by atoms with Crippen molar-refractivity contribution in [2.24, 2.45) is 11.8 Å². The molecule has 2 fully saturated rings. The summed E-state index contributed by atoms with van der Waals surface area (Å²) < 4.78 is 0. The Bertz CT molecular complexity index is 613. The van der Waals surface area contributed by atoms with Crippen LogP contribution in [0.25, 0.3) is 0 Å². The van der Waals surface area contributed by atoms with Gasteiger partial charge in [0.2, 0.25) is 0 Å². The van der Waals surface area contributed by atoms with E-state index in [-0.39, 0.29) is 18.1 Å². The smallest absolute Gasteiger partial charge is 0.315 e. The van der Waals surface area contributed by atoms with Crippen molar-refractivity contribution in [1.82, 2.24) is 10.6 Å². The topological polar surface area (TPSA) is 41.1 Å². The molecule has 0 aromatic carbocycles. The van der Waals surface area contributed by atoms with Gasteiger partial charge in [-0.1, -0.05) is 37.8 Å². The minimum Gasteiger partial charge on any atom is -0.330 e. The third kappa shape index (κ3) is 4.15. The number of nitrogens with one attached hydrogen (secondary N) is 2. The maximum atomic E-state index is 13.0. The molecular weight excluding hydrogens is 360 g/mol. The number of hydrogen-bond donors (Lipinski definition) is 2. The summed E-state index contributed by atoms with van der Waals surface area (Å²) in [6.07, 6.45) is 10.0. The van der Waals surface area contributed by atoms with Crippen LogP contribution >= 0.6 is 22.7 Å². The van der Waals surface area contributed by atoms with E-state index in [1.54, 1.807) is 22.7 Å². The number of thiophene rings is 2. The van der Waals surface area contributed by atoms with Crippen LogP contribution in [0.1, 0.15) is 73.2 Å². The molecule has 2 amide bonds. The highest BCUT2D eigenvalue weighted by atomic mass is 32.1. The molecule has 4 rings (SSSR count). The van der Waals surface area contributed by atoms with Crippen LogP contribution < -0.4 is 10.6 Å². The zero-order valence-corrected chi connectivity index (χ0v) is 16.8. The Hall–Kier alpha value is -1.33. The molecule has 2 N–H and O–H groups in total. The molecule has 2 aliphatic rings. The van der Waals surface area contributed by atoms with Crippen LogP contribution in [-0.4, -0.2) is 6.03 Å². The fourth-order valence-electron chi connectivity index (χ4n) is 4.68. The van der Waals surface area contributed by atoms with Gasteiger partial charge in [-0.05, 0) is 60.4 Å². The van der Waals surface area contributed by atoms with E-state index in [0.29, 0.717) is 11.8 Å². The summed E-state index contributed by atoms with van der Waals surface area (Å²) >= 11 is 3.52. The van der Waals surface area contributed by atoms with Gasteiger partial charge in [-0.2, -0.15) is 0 Å². The average Bonchev–Trinajstić information content (AvgIpc) is 3.44. The summed E-state index contributed by atoms with van der Waals surface area (Å²) in [5.74, 6) is 1.15. The molecular formula is C21H28N2OS2. The first-order chi connectivity index (χ1) is 12.8. The monoisotopic (exact) mass is 388 g/mol. The second kappa shape index (κ2) is 8.57. The minimum absolute atomic E-state index is 0.000556. The van der Waals surface area contributed by atoms with E-state index in [1.807, 2.05) is 0 Å². The molecule has 0 spiro atoms. The van der Waals surface area contributed by atoms with Crippen LogP contribution in [0, 0.1) is 11.8 Å². The highest BCUT2D eigenvalue weighted by Crippen LogP contribution is 2.39. The van der Waals surface area contributed by atoms with Crippen molar-refractivity contribution < 1.29 is 4.79 Å². The van der Waals surface area contributed by atoms with Crippen molar-refractivity contribution >= 4 is 28.7 Å². The van der Waals surface area contributed by atoms with Crippen LogP contribution in [0.3, 0.4) is 0 Å². The number of amides is 2. The van der Waals surface area contributed by atoms with E-state index in [0.717, 1.165) is 0 Å². The molecule has 2 aromatic heterocycles. The van der Waals surface area contributed by atoms with E-state index in [9.17, 15) is 4.79 Å². The molecule has 0 radical (unpaired) electrons. The van der Waals surface area contributed by atoms with Crippen LogP contribution in [0.4, 0.5) is 4.79 Å². The van der Waals surface area contributed by atoms with Gasteiger partial charge in [0.1, 0.15) is 0 Å². The van der Waals surface area contributed by atoms with Crippen molar-refractivity contribution in [1.29, 1.82) is 0 Å². The third-order valence-corrected chi connectivity index (χ3v) is 7.93. The summed E-state index contributed by atoms with van der Waals surface area (Å²) in [5, 5.41) is 10.9. The quantitative estimate of drug-likeness (QED) is 0.601. The normalized spacial score (nSPS) is 20.9. The molecule has 140 valence electrons. The molecule has 2 atom stereocenters. The molecule has 0 aliphatic heterocycles. The van der Waals surface area contributed by atoms with Gasteiger partial charge < -0.3 is 10.6 Å². The van der Waals surface area contributed by atoms with E-state index >= 15 is 0 Å². The molecule has 5 heteroatoms. The van der Waals surface area contributed by atoms with Crippen LogP contribution in [-0.2, 0) is 0 Å². The molecule has 3 nitrogen and oxygen atoms in total. The van der Waals surface area contributed by atoms with Gasteiger partial charge in [-0.3, -0.25) is 0 Å². The molecule has 26 heavy (non-hydrogen) atoms. The maximum absolute atomic E-state index is 13.0. The first-order valence-corrected chi connectivity index (χ1v) is 11.7. The number of carbonyl (C=O) groups is 1. The van der Waals surface area contributed by atoms with Crippen molar-refractivity contribution in [3.8, 4) is 0 Å². The Morgan fingerprint density at radius 3 is 1.58 bits per heavy atom. The molecule has 2 heterocycles. The lowest BCUT2D eigenvalue weighted by molar-refractivity contribution is 0.222. The van der Waals surface area contributed by atoms with Crippen LogP contribution in [0.2, 0.25) is 0 Å².